The maximum atomic E-state index is 13.0. The maximum Gasteiger partial charge on any atom is 0.404 e. The average molecular weight is 267 g/mol. The number of hydrogen-bond donors (Lipinski definition) is 3. The molecule has 1 rings (SSSR count). The number of hydrogen-bond acceptors (Lipinski definition) is 3. The van der Waals surface area contributed by atoms with Crippen LogP contribution in [0.1, 0.15) is 20.3 Å². The van der Waals surface area contributed by atoms with E-state index in [4.69, 9.17) is 5.73 Å². The molecule has 0 aromatic heterocycles. The first-order chi connectivity index (χ1) is 8.03. The number of rotatable bonds is 3. The van der Waals surface area contributed by atoms with E-state index in [1.807, 2.05) is 0 Å². The lowest BCUT2D eigenvalue weighted by atomic mass is 9.84. The number of primary amides is 1. The highest BCUT2D eigenvalue weighted by Gasteiger charge is 2.62. The fourth-order valence-corrected chi connectivity index (χ4v) is 1.72. The van der Waals surface area contributed by atoms with Crippen LogP contribution >= 0.6 is 0 Å². The van der Waals surface area contributed by atoms with Gasteiger partial charge in [0.05, 0.1) is 0 Å². The van der Waals surface area contributed by atoms with Gasteiger partial charge in [0.2, 0.25) is 11.8 Å². The summed E-state index contributed by atoms with van der Waals surface area (Å²) in [5.41, 5.74) is 1.02. The van der Waals surface area contributed by atoms with Gasteiger partial charge in [0, 0.05) is 6.54 Å². The monoisotopic (exact) mass is 267 g/mol. The minimum Gasteiger partial charge on any atom is -0.368 e. The van der Waals surface area contributed by atoms with Crippen LogP contribution in [0.15, 0.2) is 0 Å². The van der Waals surface area contributed by atoms with E-state index in [1.165, 1.54) is 13.8 Å². The van der Waals surface area contributed by atoms with Gasteiger partial charge in [0.15, 0.2) is 5.41 Å². The Bertz CT molecular complexity index is 360. The Hall–Kier alpha value is -1.31. The van der Waals surface area contributed by atoms with Crippen molar-refractivity contribution in [3.05, 3.63) is 0 Å². The summed E-state index contributed by atoms with van der Waals surface area (Å²) < 4.78 is 39.1. The molecule has 0 spiro atoms. The molecule has 104 valence electrons. The molecular weight excluding hydrogens is 251 g/mol. The molecule has 0 aliphatic carbocycles. The zero-order valence-corrected chi connectivity index (χ0v) is 10.1. The molecule has 2 amide bonds. The number of halogens is 3. The fraction of sp³-hybridized carbons (Fsp3) is 0.800. The van der Waals surface area contributed by atoms with Gasteiger partial charge in [-0.25, -0.2) is 0 Å². The van der Waals surface area contributed by atoms with Gasteiger partial charge in [-0.3, -0.25) is 9.59 Å². The molecule has 18 heavy (non-hydrogen) atoms. The summed E-state index contributed by atoms with van der Waals surface area (Å²) in [5.74, 6) is -2.11. The van der Waals surface area contributed by atoms with Crippen LogP contribution in [0.2, 0.25) is 0 Å². The van der Waals surface area contributed by atoms with Crippen LogP contribution in [0.3, 0.4) is 0 Å². The molecule has 0 radical (unpaired) electrons. The number of carbonyl (C=O) groups is 2. The van der Waals surface area contributed by atoms with Crippen LogP contribution in [0.25, 0.3) is 0 Å². The summed E-state index contributed by atoms with van der Waals surface area (Å²) in [6.45, 7) is 2.14. The SMILES string of the molecule is CC(C)(NC(=O)C1(C(F)(F)F)CCNC1)C(N)=O. The van der Waals surface area contributed by atoms with Gasteiger partial charge >= 0.3 is 6.18 Å². The summed E-state index contributed by atoms with van der Waals surface area (Å²) in [6, 6.07) is 0. The molecule has 0 bridgehead atoms. The van der Waals surface area contributed by atoms with E-state index in [0.717, 1.165) is 0 Å². The average Bonchev–Trinajstić information content (AvgIpc) is 2.64. The normalized spacial score (nSPS) is 24.9. The van der Waals surface area contributed by atoms with Gasteiger partial charge in [0.25, 0.3) is 0 Å². The van der Waals surface area contributed by atoms with E-state index < -0.39 is 35.5 Å². The van der Waals surface area contributed by atoms with Crippen LogP contribution in [-0.4, -0.2) is 36.6 Å². The van der Waals surface area contributed by atoms with Crippen molar-refractivity contribution in [3.8, 4) is 0 Å². The van der Waals surface area contributed by atoms with Gasteiger partial charge in [-0.05, 0) is 26.8 Å². The van der Waals surface area contributed by atoms with E-state index in [9.17, 15) is 22.8 Å². The summed E-state index contributed by atoms with van der Waals surface area (Å²) in [5, 5.41) is 4.59. The third-order valence-electron chi connectivity index (χ3n) is 3.17. The van der Waals surface area contributed by atoms with Gasteiger partial charge in [-0.15, -0.1) is 0 Å². The second-order valence-corrected chi connectivity index (χ2v) is 4.95. The van der Waals surface area contributed by atoms with Crippen molar-refractivity contribution in [2.75, 3.05) is 13.1 Å². The Morgan fingerprint density at radius 2 is 1.89 bits per heavy atom. The molecule has 1 heterocycles. The first-order valence-corrected chi connectivity index (χ1v) is 5.43. The molecule has 0 aromatic rings. The van der Waals surface area contributed by atoms with Crippen molar-refractivity contribution >= 4 is 11.8 Å². The summed E-state index contributed by atoms with van der Waals surface area (Å²) in [7, 11) is 0. The molecule has 5 nitrogen and oxygen atoms in total. The van der Waals surface area contributed by atoms with Crippen LogP contribution < -0.4 is 16.4 Å². The van der Waals surface area contributed by atoms with Crippen molar-refractivity contribution < 1.29 is 22.8 Å². The molecule has 1 aliphatic rings. The van der Waals surface area contributed by atoms with E-state index in [-0.39, 0.29) is 13.0 Å². The van der Waals surface area contributed by atoms with Crippen LogP contribution in [-0.2, 0) is 9.59 Å². The highest BCUT2D eigenvalue weighted by atomic mass is 19.4. The number of amides is 2. The second kappa shape index (κ2) is 4.42. The molecule has 1 aliphatic heterocycles. The number of nitrogens with one attached hydrogen (secondary N) is 2. The Morgan fingerprint density at radius 1 is 1.33 bits per heavy atom. The summed E-state index contributed by atoms with van der Waals surface area (Å²) in [4.78, 5) is 22.9. The van der Waals surface area contributed by atoms with Crippen molar-refractivity contribution in [1.82, 2.24) is 10.6 Å². The standard InChI is InChI=1S/C10H16F3N3O2/c1-8(2,6(14)17)16-7(18)9(10(11,12)13)3-4-15-5-9/h15H,3-5H2,1-2H3,(H2,14,17)(H,16,18). The highest BCUT2D eigenvalue weighted by molar-refractivity contribution is 5.92. The molecular formula is C10H16F3N3O2. The molecule has 1 saturated heterocycles. The van der Waals surface area contributed by atoms with Gasteiger partial charge in [-0.1, -0.05) is 0 Å². The minimum atomic E-state index is -4.67. The lowest BCUT2D eigenvalue weighted by molar-refractivity contribution is -0.216. The maximum absolute atomic E-state index is 13.0. The van der Waals surface area contributed by atoms with Crippen molar-refractivity contribution in [3.63, 3.8) is 0 Å². The lowest BCUT2D eigenvalue weighted by Crippen LogP contribution is -2.60. The predicted octanol–water partition coefficient (Wildman–Crippen LogP) is -0.0915. The van der Waals surface area contributed by atoms with Crippen LogP contribution in [0.4, 0.5) is 13.2 Å². The zero-order chi connectivity index (χ0) is 14.2. The Labute approximate surface area is 102 Å². The smallest absolute Gasteiger partial charge is 0.368 e. The quantitative estimate of drug-likeness (QED) is 0.668. The molecule has 0 saturated carbocycles. The van der Waals surface area contributed by atoms with E-state index in [1.54, 1.807) is 0 Å². The lowest BCUT2D eigenvalue weighted by Gasteiger charge is -2.33. The van der Waals surface area contributed by atoms with Crippen molar-refractivity contribution in [2.24, 2.45) is 11.1 Å². The Kier molecular flexibility index (Phi) is 3.62. The molecule has 1 fully saturated rings. The summed E-state index contributed by atoms with van der Waals surface area (Å²) >= 11 is 0. The molecule has 0 aromatic carbocycles. The first-order valence-electron chi connectivity index (χ1n) is 5.43. The van der Waals surface area contributed by atoms with Crippen LogP contribution in [0.5, 0.6) is 0 Å². The molecule has 1 unspecified atom stereocenters. The molecule has 4 N–H and O–H groups in total. The first kappa shape index (κ1) is 14.7. The number of alkyl halides is 3. The van der Waals surface area contributed by atoms with E-state index in [0.29, 0.717) is 0 Å². The topological polar surface area (TPSA) is 84.2 Å². The molecule has 8 heteroatoms. The van der Waals surface area contributed by atoms with Crippen LogP contribution in [0, 0.1) is 5.41 Å². The second-order valence-electron chi connectivity index (χ2n) is 4.95. The summed E-state index contributed by atoms with van der Waals surface area (Å²) in [6.07, 6.45) is -5.02. The van der Waals surface area contributed by atoms with Crippen molar-refractivity contribution in [1.29, 1.82) is 0 Å². The highest BCUT2D eigenvalue weighted by Crippen LogP contribution is 2.43. The van der Waals surface area contributed by atoms with Gasteiger partial charge < -0.3 is 16.4 Å². The number of nitrogens with two attached hydrogens (primary N) is 1. The zero-order valence-electron chi connectivity index (χ0n) is 10.1. The van der Waals surface area contributed by atoms with E-state index in [2.05, 4.69) is 10.6 Å². The molecule has 1 atom stereocenters. The minimum absolute atomic E-state index is 0.101. The third-order valence-corrected chi connectivity index (χ3v) is 3.17. The van der Waals surface area contributed by atoms with Gasteiger partial charge in [0.1, 0.15) is 5.54 Å². The largest absolute Gasteiger partial charge is 0.404 e. The predicted molar refractivity (Wildman–Crippen MR) is 57.4 cm³/mol. The fourth-order valence-electron chi connectivity index (χ4n) is 1.72. The van der Waals surface area contributed by atoms with Crippen molar-refractivity contribution in [2.45, 2.75) is 32.0 Å². The number of carbonyl (C=O) groups excluding carboxylic acids is 2. The van der Waals surface area contributed by atoms with E-state index >= 15 is 0 Å². The Morgan fingerprint density at radius 3 is 2.22 bits per heavy atom. The Balaban J connectivity index is 2.96. The third kappa shape index (κ3) is 2.43. The van der Waals surface area contributed by atoms with Gasteiger partial charge in [-0.2, -0.15) is 13.2 Å².